The van der Waals surface area contributed by atoms with E-state index in [0.717, 1.165) is 10.6 Å². The van der Waals surface area contributed by atoms with Gasteiger partial charge in [-0.3, -0.25) is 4.79 Å². The van der Waals surface area contributed by atoms with E-state index >= 15 is 0 Å². The Labute approximate surface area is 91.8 Å². The fourth-order valence-corrected chi connectivity index (χ4v) is 2.51. The topological polar surface area (TPSA) is 43.4 Å². The second-order valence-electron chi connectivity index (χ2n) is 3.22. The lowest BCUT2D eigenvalue weighted by molar-refractivity contribution is 0.0600. The predicted molar refractivity (Wildman–Crippen MR) is 57.5 cm³/mol. The minimum Gasteiger partial charge on any atom is -0.465 e. The average molecular weight is 222 g/mol. The van der Waals surface area contributed by atoms with Crippen LogP contribution in [0.15, 0.2) is 23.1 Å². The van der Waals surface area contributed by atoms with Crippen LogP contribution in [0.2, 0.25) is 0 Å². The minimum absolute atomic E-state index is 0.106. The quantitative estimate of drug-likeness (QED) is 0.683. The maximum absolute atomic E-state index is 11.6. The number of ether oxygens (including phenoxy) is 1. The molecule has 0 aliphatic carbocycles. The lowest BCUT2D eigenvalue weighted by atomic mass is 10.1. The van der Waals surface area contributed by atoms with Crippen molar-refractivity contribution in [2.24, 2.45) is 0 Å². The molecule has 0 aromatic heterocycles. The Bertz CT molecular complexity index is 426. The molecule has 1 aliphatic heterocycles. The number of methoxy groups -OCH3 is 1. The molecule has 0 bridgehead atoms. The highest BCUT2D eigenvalue weighted by atomic mass is 32.2. The van der Waals surface area contributed by atoms with Crippen LogP contribution in [-0.4, -0.2) is 24.6 Å². The molecule has 4 heteroatoms. The van der Waals surface area contributed by atoms with Crippen LogP contribution in [0.3, 0.4) is 0 Å². The van der Waals surface area contributed by atoms with Crippen LogP contribution < -0.4 is 0 Å². The molecule has 15 heavy (non-hydrogen) atoms. The number of hydrogen-bond donors (Lipinski definition) is 0. The predicted octanol–water partition coefficient (Wildman–Crippen LogP) is 2.15. The molecule has 0 unspecified atom stereocenters. The third-order valence-corrected chi connectivity index (χ3v) is 3.36. The molecule has 3 nitrogen and oxygen atoms in total. The summed E-state index contributed by atoms with van der Waals surface area (Å²) in [7, 11) is 1.33. The monoisotopic (exact) mass is 222 g/mol. The summed E-state index contributed by atoms with van der Waals surface area (Å²) < 4.78 is 4.61. The third kappa shape index (κ3) is 1.90. The van der Waals surface area contributed by atoms with Crippen molar-refractivity contribution < 1.29 is 14.3 Å². The largest absolute Gasteiger partial charge is 0.465 e. The van der Waals surface area contributed by atoms with Gasteiger partial charge in [-0.25, -0.2) is 4.79 Å². The van der Waals surface area contributed by atoms with Crippen molar-refractivity contribution in [2.45, 2.75) is 11.3 Å². The van der Waals surface area contributed by atoms with Crippen LogP contribution in [0.4, 0.5) is 0 Å². The fraction of sp³-hybridized carbons (Fsp3) is 0.273. The molecular weight excluding hydrogens is 212 g/mol. The second kappa shape index (κ2) is 4.06. The summed E-state index contributed by atoms with van der Waals surface area (Å²) in [6.07, 6.45) is 0.544. The molecule has 1 aliphatic rings. The van der Waals surface area contributed by atoms with E-state index in [2.05, 4.69) is 4.74 Å². The second-order valence-corrected chi connectivity index (χ2v) is 4.36. The van der Waals surface area contributed by atoms with Crippen LogP contribution >= 0.6 is 11.8 Å². The van der Waals surface area contributed by atoms with E-state index < -0.39 is 5.97 Å². The summed E-state index contributed by atoms with van der Waals surface area (Å²) >= 11 is 1.65. The molecule has 0 spiro atoms. The van der Waals surface area contributed by atoms with Gasteiger partial charge in [0, 0.05) is 22.6 Å². The molecule has 0 radical (unpaired) electrons. The number of esters is 1. The number of benzene rings is 1. The molecule has 0 atom stereocenters. The maximum Gasteiger partial charge on any atom is 0.337 e. The van der Waals surface area contributed by atoms with Gasteiger partial charge < -0.3 is 4.74 Å². The first kappa shape index (κ1) is 10.2. The van der Waals surface area contributed by atoms with Gasteiger partial charge in [-0.2, -0.15) is 0 Å². The van der Waals surface area contributed by atoms with Gasteiger partial charge in [-0.05, 0) is 18.2 Å². The summed E-state index contributed by atoms with van der Waals surface area (Å²) in [5.41, 5.74) is 1.08. The number of Topliss-reactive ketones (excluding diaryl/α,β-unsaturated/α-hetero) is 1. The van der Waals surface area contributed by atoms with Crippen molar-refractivity contribution in [2.75, 3.05) is 12.9 Å². The summed E-state index contributed by atoms with van der Waals surface area (Å²) in [6.45, 7) is 0. The SMILES string of the molecule is COC(=O)c1ccc2c(c1)C(=O)CCS2. The van der Waals surface area contributed by atoms with E-state index in [4.69, 9.17) is 0 Å². The fourth-order valence-electron chi connectivity index (χ4n) is 1.51. The molecular formula is C11H10O3S. The number of rotatable bonds is 1. The molecule has 2 rings (SSSR count). The Morgan fingerprint density at radius 3 is 3.00 bits per heavy atom. The zero-order chi connectivity index (χ0) is 10.8. The zero-order valence-corrected chi connectivity index (χ0v) is 9.10. The van der Waals surface area contributed by atoms with Crippen LogP contribution in [0.5, 0.6) is 0 Å². The Morgan fingerprint density at radius 2 is 2.27 bits per heavy atom. The van der Waals surface area contributed by atoms with Crippen LogP contribution in [0.25, 0.3) is 0 Å². The van der Waals surface area contributed by atoms with Gasteiger partial charge in [0.15, 0.2) is 5.78 Å². The van der Waals surface area contributed by atoms with E-state index in [9.17, 15) is 9.59 Å². The van der Waals surface area contributed by atoms with E-state index in [1.165, 1.54) is 7.11 Å². The molecule has 0 amide bonds. The maximum atomic E-state index is 11.6. The third-order valence-electron chi connectivity index (χ3n) is 2.29. The standard InChI is InChI=1S/C11H10O3S/c1-14-11(13)7-2-3-10-8(6-7)9(12)4-5-15-10/h2-3,6H,4-5H2,1H3. The smallest absolute Gasteiger partial charge is 0.337 e. The van der Waals surface area contributed by atoms with Crippen molar-refractivity contribution >= 4 is 23.5 Å². The van der Waals surface area contributed by atoms with Crippen LogP contribution in [0, 0.1) is 0 Å². The normalized spacial score (nSPS) is 14.6. The van der Waals surface area contributed by atoms with Gasteiger partial charge in [-0.1, -0.05) is 0 Å². The summed E-state index contributed by atoms with van der Waals surface area (Å²) in [5.74, 6) is 0.527. The highest BCUT2D eigenvalue weighted by Crippen LogP contribution is 2.30. The van der Waals surface area contributed by atoms with Gasteiger partial charge in [-0.15, -0.1) is 11.8 Å². The number of hydrogen-bond acceptors (Lipinski definition) is 4. The van der Waals surface area contributed by atoms with Crippen molar-refractivity contribution in [1.29, 1.82) is 0 Å². The number of carbonyl (C=O) groups excluding carboxylic acids is 2. The van der Waals surface area contributed by atoms with Crippen molar-refractivity contribution in [3.63, 3.8) is 0 Å². The minimum atomic E-state index is -0.402. The Balaban J connectivity index is 2.44. The average Bonchev–Trinajstić information content (AvgIpc) is 2.28. The van der Waals surface area contributed by atoms with Gasteiger partial charge in [0.25, 0.3) is 0 Å². The van der Waals surface area contributed by atoms with Gasteiger partial charge >= 0.3 is 5.97 Å². The molecule has 1 aromatic rings. The first-order chi connectivity index (χ1) is 7.22. The molecule has 1 aromatic carbocycles. The highest BCUT2D eigenvalue weighted by molar-refractivity contribution is 7.99. The van der Waals surface area contributed by atoms with Gasteiger partial charge in [0.05, 0.1) is 12.7 Å². The number of thioether (sulfide) groups is 1. The van der Waals surface area contributed by atoms with E-state index in [-0.39, 0.29) is 5.78 Å². The lowest BCUT2D eigenvalue weighted by Crippen LogP contribution is -2.10. The molecule has 78 valence electrons. The molecule has 0 N–H and O–H groups in total. The Hall–Kier alpha value is -1.29. The van der Waals surface area contributed by atoms with E-state index in [1.54, 1.807) is 23.9 Å². The van der Waals surface area contributed by atoms with Crippen molar-refractivity contribution in [3.05, 3.63) is 29.3 Å². The summed E-state index contributed by atoms with van der Waals surface area (Å²) in [5, 5.41) is 0. The van der Waals surface area contributed by atoms with E-state index in [1.807, 2.05) is 6.07 Å². The molecule has 0 saturated carbocycles. The molecule has 0 fully saturated rings. The highest BCUT2D eigenvalue weighted by Gasteiger charge is 2.19. The van der Waals surface area contributed by atoms with Crippen LogP contribution in [0.1, 0.15) is 27.1 Å². The first-order valence-electron chi connectivity index (χ1n) is 4.61. The Morgan fingerprint density at radius 1 is 1.47 bits per heavy atom. The Kier molecular flexibility index (Phi) is 2.77. The summed E-state index contributed by atoms with van der Waals surface area (Å²) in [4.78, 5) is 23.8. The first-order valence-corrected chi connectivity index (χ1v) is 5.59. The van der Waals surface area contributed by atoms with Gasteiger partial charge in [0.2, 0.25) is 0 Å². The molecule has 1 heterocycles. The van der Waals surface area contributed by atoms with Crippen molar-refractivity contribution in [3.8, 4) is 0 Å². The van der Waals surface area contributed by atoms with E-state index in [0.29, 0.717) is 17.5 Å². The van der Waals surface area contributed by atoms with Crippen LogP contribution in [-0.2, 0) is 4.74 Å². The van der Waals surface area contributed by atoms with Gasteiger partial charge in [0.1, 0.15) is 0 Å². The number of ketones is 1. The lowest BCUT2D eigenvalue weighted by Gasteiger charge is -2.14. The van der Waals surface area contributed by atoms with Crippen molar-refractivity contribution in [1.82, 2.24) is 0 Å². The molecule has 0 saturated heterocycles. The zero-order valence-electron chi connectivity index (χ0n) is 8.28. The summed E-state index contributed by atoms with van der Waals surface area (Å²) in [6, 6.07) is 5.12. The number of fused-ring (bicyclic) bond motifs is 1. The number of carbonyl (C=O) groups is 2.